The molecule has 0 saturated heterocycles. The van der Waals surface area contributed by atoms with Gasteiger partial charge in [0.05, 0.1) is 5.57 Å². The molecule has 0 fully saturated rings. The minimum absolute atomic E-state index is 0.0967. The van der Waals surface area contributed by atoms with Gasteiger partial charge < -0.3 is 10.7 Å². The van der Waals surface area contributed by atoms with Gasteiger partial charge in [0.25, 0.3) is 5.91 Å². The van der Waals surface area contributed by atoms with Gasteiger partial charge in [-0.1, -0.05) is 12.5 Å². The normalized spacial score (nSPS) is 23.8. The molecule has 0 bridgehead atoms. The van der Waals surface area contributed by atoms with E-state index in [0.717, 1.165) is 24.6 Å². The molecule has 1 atom stereocenters. The zero-order valence-corrected chi connectivity index (χ0v) is 7.48. The van der Waals surface area contributed by atoms with Crippen molar-refractivity contribution < 1.29 is 4.79 Å². The molecule has 1 rings (SSSR count). The SMILES string of the molecule is CCC1=C(C=N)C(=O)NC(C)C1. The zero-order valence-electron chi connectivity index (χ0n) is 7.48. The van der Waals surface area contributed by atoms with E-state index in [0.29, 0.717) is 5.57 Å². The topological polar surface area (TPSA) is 53.0 Å². The molecule has 0 aliphatic carbocycles. The van der Waals surface area contributed by atoms with Crippen molar-refractivity contribution in [2.75, 3.05) is 0 Å². The zero-order chi connectivity index (χ0) is 9.14. The number of hydrogen-bond acceptors (Lipinski definition) is 2. The summed E-state index contributed by atoms with van der Waals surface area (Å²) in [6, 6.07) is 0.219. The van der Waals surface area contributed by atoms with E-state index in [2.05, 4.69) is 5.32 Å². The molecule has 3 nitrogen and oxygen atoms in total. The monoisotopic (exact) mass is 166 g/mol. The lowest BCUT2D eigenvalue weighted by Crippen LogP contribution is -2.38. The van der Waals surface area contributed by atoms with Gasteiger partial charge in [-0.05, 0) is 19.8 Å². The smallest absolute Gasteiger partial charge is 0.252 e. The molecule has 1 unspecified atom stereocenters. The predicted octanol–water partition coefficient (Wildman–Crippen LogP) is 1.25. The number of rotatable bonds is 2. The molecule has 0 radical (unpaired) electrons. The van der Waals surface area contributed by atoms with Crippen molar-refractivity contribution in [1.82, 2.24) is 5.32 Å². The Morgan fingerprint density at radius 1 is 1.75 bits per heavy atom. The maximum Gasteiger partial charge on any atom is 0.252 e. The van der Waals surface area contributed by atoms with Crippen LogP contribution in [0.5, 0.6) is 0 Å². The van der Waals surface area contributed by atoms with Crippen molar-refractivity contribution in [1.29, 1.82) is 5.41 Å². The van der Waals surface area contributed by atoms with Gasteiger partial charge in [-0.2, -0.15) is 0 Å². The quantitative estimate of drug-likeness (QED) is 0.596. The predicted molar refractivity (Wildman–Crippen MR) is 48.3 cm³/mol. The fourth-order valence-electron chi connectivity index (χ4n) is 1.50. The molecule has 1 aliphatic heterocycles. The second-order valence-electron chi connectivity index (χ2n) is 3.09. The molecule has 12 heavy (non-hydrogen) atoms. The van der Waals surface area contributed by atoms with E-state index >= 15 is 0 Å². The first kappa shape index (κ1) is 8.97. The van der Waals surface area contributed by atoms with Crippen LogP contribution in [0.15, 0.2) is 11.1 Å². The second-order valence-corrected chi connectivity index (χ2v) is 3.09. The Morgan fingerprint density at radius 3 is 2.92 bits per heavy atom. The standard InChI is InChI=1S/C9H14N2O/c1-3-7-4-6(2)11-9(12)8(7)5-10/h5-6,10H,3-4H2,1-2H3,(H,11,12). The van der Waals surface area contributed by atoms with Crippen LogP contribution in [0.25, 0.3) is 0 Å². The highest BCUT2D eigenvalue weighted by atomic mass is 16.1. The molecule has 1 amide bonds. The largest absolute Gasteiger partial charge is 0.349 e. The van der Waals surface area contributed by atoms with Crippen LogP contribution in [-0.4, -0.2) is 18.2 Å². The van der Waals surface area contributed by atoms with Crippen molar-refractivity contribution in [2.24, 2.45) is 0 Å². The van der Waals surface area contributed by atoms with Crippen molar-refractivity contribution in [3.8, 4) is 0 Å². The highest BCUT2D eigenvalue weighted by molar-refractivity contribution is 6.12. The van der Waals surface area contributed by atoms with Gasteiger partial charge in [0.1, 0.15) is 0 Å². The lowest BCUT2D eigenvalue weighted by Gasteiger charge is -2.23. The highest BCUT2D eigenvalue weighted by Gasteiger charge is 2.21. The van der Waals surface area contributed by atoms with Crippen LogP contribution < -0.4 is 5.32 Å². The Bertz CT molecular complexity index is 243. The van der Waals surface area contributed by atoms with E-state index in [1.54, 1.807) is 0 Å². The van der Waals surface area contributed by atoms with Crippen LogP contribution in [-0.2, 0) is 4.79 Å². The molecule has 0 saturated carbocycles. The van der Waals surface area contributed by atoms with Gasteiger partial charge in [-0.15, -0.1) is 0 Å². The number of carbonyl (C=O) groups excluding carboxylic acids is 1. The molecule has 0 aromatic carbocycles. The van der Waals surface area contributed by atoms with E-state index in [1.165, 1.54) is 0 Å². The fourth-order valence-corrected chi connectivity index (χ4v) is 1.50. The number of carbonyl (C=O) groups is 1. The lowest BCUT2D eigenvalue weighted by atomic mass is 9.95. The van der Waals surface area contributed by atoms with E-state index < -0.39 is 0 Å². The first-order chi connectivity index (χ1) is 5.69. The molecule has 2 N–H and O–H groups in total. The van der Waals surface area contributed by atoms with Crippen molar-refractivity contribution in [3.05, 3.63) is 11.1 Å². The van der Waals surface area contributed by atoms with Gasteiger partial charge >= 0.3 is 0 Å². The second kappa shape index (κ2) is 3.52. The van der Waals surface area contributed by atoms with E-state index in [4.69, 9.17) is 5.41 Å². The molecule has 0 aromatic rings. The third-order valence-corrected chi connectivity index (χ3v) is 2.13. The van der Waals surface area contributed by atoms with Gasteiger partial charge in [0.2, 0.25) is 0 Å². The van der Waals surface area contributed by atoms with Gasteiger partial charge in [-0.25, -0.2) is 0 Å². The fraction of sp³-hybridized carbons (Fsp3) is 0.556. The summed E-state index contributed by atoms with van der Waals surface area (Å²) in [5, 5.41) is 9.88. The summed E-state index contributed by atoms with van der Waals surface area (Å²) in [6.07, 6.45) is 2.90. The molecule has 0 aromatic heterocycles. The third-order valence-electron chi connectivity index (χ3n) is 2.13. The molecule has 0 spiro atoms. The van der Waals surface area contributed by atoms with Crippen LogP contribution in [0.4, 0.5) is 0 Å². The Labute approximate surface area is 72.4 Å². The van der Waals surface area contributed by atoms with E-state index in [1.807, 2.05) is 13.8 Å². The average Bonchev–Trinajstić information content (AvgIpc) is 2.03. The van der Waals surface area contributed by atoms with Crippen LogP contribution in [0.2, 0.25) is 0 Å². The van der Waals surface area contributed by atoms with Crippen LogP contribution >= 0.6 is 0 Å². The van der Waals surface area contributed by atoms with Crippen molar-refractivity contribution >= 4 is 12.1 Å². The maximum atomic E-state index is 11.3. The highest BCUT2D eigenvalue weighted by Crippen LogP contribution is 2.18. The van der Waals surface area contributed by atoms with Crippen LogP contribution in [0, 0.1) is 5.41 Å². The maximum absolute atomic E-state index is 11.3. The molecular formula is C9H14N2O. The molecule has 1 heterocycles. The number of nitrogens with one attached hydrogen (secondary N) is 2. The summed E-state index contributed by atoms with van der Waals surface area (Å²) in [7, 11) is 0. The Morgan fingerprint density at radius 2 is 2.42 bits per heavy atom. The van der Waals surface area contributed by atoms with Gasteiger partial charge in [0, 0.05) is 12.3 Å². The minimum Gasteiger partial charge on any atom is -0.349 e. The van der Waals surface area contributed by atoms with Gasteiger partial charge in [0.15, 0.2) is 0 Å². The average molecular weight is 166 g/mol. The van der Waals surface area contributed by atoms with Crippen molar-refractivity contribution in [3.63, 3.8) is 0 Å². The van der Waals surface area contributed by atoms with E-state index in [9.17, 15) is 4.79 Å². The lowest BCUT2D eigenvalue weighted by molar-refractivity contribution is -0.118. The molecular weight excluding hydrogens is 152 g/mol. The third kappa shape index (κ3) is 1.55. The molecule has 1 aliphatic rings. The Balaban J connectivity index is 2.97. The number of amides is 1. The summed E-state index contributed by atoms with van der Waals surface area (Å²) in [5.41, 5.74) is 1.65. The Hall–Kier alpha value is -1.12. The molecule has 66 valence electrons. The summed E-state index contributed by atoms with van der Waals surface area (Å²) in [4.78, 5) is 11.3. The van der Waals surface area contributed by atoms with Crippen molar-refractivity contribution in [2.45, 2.75) is 32.7 Å². The minimum atomic E-state index is -0.0967. The summed E-state index contributed by atoms with van der Waals surface area (Å²) >= 11 is 0. The summed E-state index contributed by atoms with van der Waals surface area (Å²) in [6.45, 7) is 4.00. The summed E-state index contributed by atoms with van der Waals surface area (Å²) in [5.74, 6) is -0.0967. The van der Waals surface area contributed by atoms with Crippen LogP contribution in [0.1, 0.15) is 26.7 Å². The van der Waals surface area contributed by atoms with Gasteiger partial charge in [-0.3, -0.25) is 4.79 Å². The first-order valence-electron chi connectivity index (χ1n) is 4.22. The Kier molecular flexibility index (Phi) is 2.63. The number of hydrogen-bond donors (Lipinski definition) is 2. The molecule has 3 heteroatoms. The van der Waals surface area contributed by atoms with E-state index in [-0.39, 0.29) is 11.9 Å². The summed E-state index contributed by atoms with van der Waals surface area (Å²) < 4.78 is 0. The first-order valence-corrected chi connectivity index (χ1v) is 4.22. The van der Waals surface area contributed by atoms with Crippen LogP contribution in [0.3, 0.4) is 0 Å².